The third-order valence-electron chi connectivity index (χ3n) is 3.44. The van der Waals surface area contributed by atoms with Crippen molar-refractivity contribution in [3.8, 4) is 0 Å². The van der Waals surface area contributed by atoms with Crippen molar-refractivity contribution in [1.82, 2.24) is 10.3 Å². The zero-order valence-corrected chi connectivity index (χ0v) is 12.6. The van der Waals surface area contributed by atoms with Gasteiger partial charge < -0.3 is 4.74 Å². The lowest BCUT2D eigenvalue weighted by Crippen LogP contribution is -2.36. The van der Waals surface area contributed by atoms with E-state index in [2.05, 4.69) is 30.2 Å². The summed E-state index contributed by atoms with van der Waals surface area (Å²) >= 11 is 0. The van der Waals surface area contributed by atoms with Crippen molar-refractivity contribution < 1.29 is 9.53 Å². The summed E-state index contributed by atoms with van der Waals surface area (Å²) in [6, 6.07) is 8.30. The van der Waals surface area contributed by atoms with E-state index in [9.17, 15) is 4.79 Å². The lowest BCUT2D eigenvalue weighted by atomic mass is 10.0. The molecule has 0 bridgehead atoms. The number of carbonyl (C=O) groups is 1. The molecule has 0 aliphatic rings. The second-order valence-corrected chi connectivity index (χ2v) is 4.88. The maximum absolute atomic E-state index is 11.5. The predicted molar refractivity (Wildman–Crippen MR) is 79.9 cm³/mol. The number of hydrogen-bond acceptors (Lipinski definition) is 4. The highest BCUT2D eigenvalue weighted by Crippen LogP contribution is 2.14. The number of nitrogens with zero attached hydrogens (tertiary/aromatic N) is 1. The number of rotatable bonds is 8. The summed E-state index contributed by atoms with van der Waals surface area (Å²) in [6.07, 6.45) is 0.308. The molecule has 0 heterocycles. The van der Waals surface area contributed by atoms with Crippen molar-refractivity contribution in [2.24, 2.45) is 5.84 Å². The molecule has 1 aromatic rings. The molecule has 20 heavy (non-hydrogen) atoms. The molecule has 1 aromatic carbocycles. The summed E-state index contributed by atoms with van der Waals surface area (Å²) < 4.78 is 5.21. The molecule has 0 radical (unpaired) electrons. The molecule has 0 aliphatic carbocycles. The fourth-order valence-corrected chi connectivity index (χ4v) is 2.25. The number of likely N-dealkylation sites (N-methyl/N-ethyl adjacent to an activating group) is 1. The highest BCUT2D eigenvalue weighted by Gasteiger charge is 2.14. The Morgan fingerprint density at radius 1 is 1.40 bits per heavy atom. The largest absolute Gasteiger partial charge is 0.383 e. The Balaban J connectivity index is 2.81. The molecular formula is C15H25N3O2. The predicted octanol–water partition coefficient (Wildman–Crippen LogP) is 1.08. The maximum Gasteiger partial charge on any atom is 0.238 e. The molecule has 0 saturated carbocycles. The van der Waals surface area contributed by atoms with Crippen LogP contribution in [0.4, 0.5) is 0 Å². The molecule has 112 valence electrons. The van der Waals surface area contributed by atoms with Gasteiger partial charge in [-0.3, -0.25) is 15.1 Å². The Kier molecular flexibility index (Phi) is 7.22. The number of nitrogens with two attached hydrogens (primary N) is 1. The van der Waals surface area contributed by atoms with E-state index in [1.807, 2.05) is 18.2 Å². The van der Waals surface area contributed by atoms with E-state index >= 15 is 0 Å². The van der Waals surface area contributed by atoms with Gasteiger partial charge in [-0.1, -0.05) is 31.2 Å². The third-order valence-corrected chi connectivity index (χ3v) is 3.44. The summed E-state index contributed by atoms with van der Waals surface area (Å²) in [5.41, 5.74) is 4.34. The second kappa shape index (κ2) is 8.68. The third kappa shape index (κ3) is 4.92. The number of carbonyl (C=O) groups excluding carboxylic acids is 1. The van der Waals surface area contributed by atoms with Crippen LogP contribution in [0.3, 0.4) is 0 Å². The number of benzene rings is 1. The zero-order valence-electron chi connectivity index (χ0n) is 12.6. The van der Waals surface area contributed by atoms with E-state index in [-0.39, 0.29) is 5.91 Å². The van der Waals surface area contributed by atoms with Gasteiger partial charge in [0.05, 0.1) is 13.0 Å². The van der Waals surface area contributed by atoms with Crippen molar-refractivity contribution in [2.45, 2.75) is 32.9 Å². The van der Waals surface area contributed by atoms with Crippen LogP contribution >= 0.6 is 0 Å². The Morgan fingerprint density at radius 3 is 2.60 bits per heavy atom. The minimum Gasteiger partial charge on any atom is -0.383 e. The van der Waals surface area contributed by atoms with Gasteiger partial charge in [-0.2, -0.15) is 0 Å². The highest BCUT2D eigenvalue weighted by molar-refractivity contribution is 5.78. The lowest BCUT2D eigenvalue weighted by molar-refractivity contribution is -0.120. The summed E-state index contributed by atoms with van der Waals surface area (Å²) in [5.74, 6) is 4.98. The molecule has 0 aliphatic heterocycles. The van der Waals surface area contributed by atoms with Crippen LogP contribution in [-0.4, -0.2) is 37.1 Å². The van der Waals surface area contributed by atoms with E-state index in [0.29, 0.717) is 19.1 Å². The molecular weight excluding hydrogens is 254 g/mol. The first-order valence-electron chi connectivity index (χ1n) is 6.91. The van der Waals surface area contributed by atoms with Crippen LogP contribution in [0.5, 0.6) is 0 Å². The van der Waals surface area contributed by atoms with Gasteiger partial charge in [-0.25, -0.2) is 5.84 Å². The quantitative estimate of drug-likeness (QED) is 0.424. The van der Waals surface area contributed by atoms with Gasteiger partial charge in [0.25, 0.3) is 0 Å². The fourth-order valence-electron chi connectivity index (χ4n) is 2.25. The summed E-state index contributed by atoms with van der Waals surface area (Å²) in [4.78, 5) is 13.8. The van der Waals surface area contributed by atoms with Crippen molar-refractivity contribution in [2.75, 3.05) is 20.3 Å². The SMILES string of the molecule is CCN(Cc1ccccc1CC(=O)NN)C(C)COC. The Bertz CT molecular complexity index is 423. The first kappa shape index (κ1) is 16.6. The molecule has 1 amide bonds. The van der Waals surface area contributed by atoms with Gasteiger partial charge >= 0.3 is 0 Å². The molecule has 0 saturated heterocycles. The topological polar surface area (TPSA) is 67.6 Å². The smallest absolute Gasteiger partial charge is 0.238 e. The van der Waals surface area contributed by atoms with Crippen LogP contribution in [-0.2, 0) is 22.5 Å². The van der Waals surface area contributed by atoms with Crippen molar-refractivity contribution in [3.63, 3.8) is 0 Å². The average molecular weight is 279 g/mol. The molecule has 1 rings (SSSR count). The Hall–Kier alpha value is -1.43. The van der Waals surface area contributed by atoms with Crippen LogP contribution < -0.4 is 11.3 Å². The molecule has 0 fully saturated rings. The fraction of sp³-hybridized carbons (Fsp3) is 0.533. The van der Waals surface area contributed by atoms with Gasteiger partial charge in [0.15, 0.2) is 0 Å². The van der Waals surface area contributed by atoms with Crippen molar-refractivity contribution in [3.05, 3.63) is 35.4 Å². The Morgan fingerprint density at radius 2 is 2.05 bits per heavy atom. The van der Waals surface area contributed by atoms with Crippen molar-refractivity contribution in [1.29, 1.82) is 0 Å². The minimum absolute atomic E-state index is 0.176. The normalized spacial score (nSPS) is 12.4. The average Bonchev–Trinajstić information content (AvgIpc) is 2.46. The first-order valence-corrected chi connectivity index (χ1v) is 6.91. The number of nitrogens with one attached hydrogen (secondary N) is 1. The van der Waals surface area contributed by atoms with Crippen LogP contribution in [0.25, 0.3) is 0 Å². The number of hydrogen-bond donors (Lipinski definition) is 2. The van der Waals surface area contributed by atoms with Gasteiger partial charge in [-0.05, 0) is 24.6 Å². The van der Waals surface area contributed by atoms with Crippen LogP contribution in [0, 0.1) is 0 Å². The van der Waals surface area contributed by atoms with E-state index in [1.54, 1.807) is 7.11 Å². The standard InChI is InChI=1S/C15H25N3O2/c1-4-18(12(2)11-20-3)10-14-8-6-5-7-13(14)9-15(19)17-16/h5-8,12H,4,9-11,16H2,1-3H3,(H,17,19). The molecule has 1 unspecified atom stereocenters. The summed E-state index contributed by atoms with van der Waals surface area (Å²) in [7, 11) is 1.71. The maximum atomic E-state index is 11.5. The molecule has 0 aromatic heterocycles. The van der Waals surface area contributed by atoms with Crippen LogP contribution in [0.1, 0.15) is 25.0 Å². The summed E-state index contributed by atoms with van der Waals surface area (Å²) in [6.45, 7) is 6.69. The van der Waals surface area contributed by atoms with E-state index < -0.39 is 0 Å². The van der Waals surface area contributed by atoms with E-state index in [1.165, 1.54) is 0 Å². The van der Waals surface area contributed by atoms with Gasteiger partial charge in [-0.15, -0.1) is 0 Å². The molecule has 5 nitrogen and oxygen atoms in total. The van der Waals surface area contributed by atoms with Gasteiger partial charge in [0, 0.05) is 19.7 Å². The van der Waals surface area contributed by atoms with E-state index in [0.717, 1.165) is 24.2 Å². The number of methoxy groups -OCH3 is 1. The minimum atomic E-state index is -0.176. The molecule has 5 heteroatoms. The highest BCUT2D eigenvalue weighted by atomic mass is 16.5. The van der Waals surface area contributed by atoms with E-state index in [4.69, 9.17) is 10.6 Å². The lowest BCUT2D eigenvalue weighted by Gasteiger charge is -2.28. The molecule has 0 spiro atoms. The summed E-state index contributed by atoms with van der Waals surface area (Å²) in [5, 5.41) is 0. The molecule has 1 atom stereocenters. The number of ether oxygens (including phenoxy) is 1. The first-order chi connectivity index (χ1) is 9.62. The van der Waals surface area contributed by atoms with Crippen LogP contribution in [0.15, 0.2) is 24.3 Å². The van der Waals surface area contributed by atoms with Gasteiger partial charge in [0.1, 0.15) is 0 Å². The monoisotopic (exact) mass is 279 g/mol. The Labute approximate surface area is 121 Å². The molecule has 3 N–H and O–H groups in total. The zero-order chi connectivity index (χ0) is 15.0. The number of hydrazine groups is 1. The second-order valence-electron chi connectivity index (χ2n) is 4.88. The number of amides is 1. The van der Waals surface area contributed by atoms with Gasteiger partial charge in [0.2, 0.25) is 5.91 Å². The van der Waals surface area contributed by atoms with Crippen molar-refractivity contribution >= 4 is 5.91 Å². The van der Waals surface area contributed by atoms with Crippen LogP contribution in [0.2, 0.25) is 0 Å².